The van der Waals surface area contributed by atoms with Crippen molar-refractivity contribution in [3.8, 4) is 5.75 Å². The number of para-hydroxylation sites is 1. The Kier molecular flexibility index (Phi) is 2.56. The Labute approximate surface area is 77.0 Å². The fourth-order valence-corrected chi connectivity index (χ4v) is 0.825. The van der Waals surface area contributed by atoms with Gasteiger partial charge in [0.15, 0.2) is 0 Å². The minimum absolute atomic E-state index is 0.525. The van der Waals surface area contributed by atoms with Crippen LogP contribution < -0.4 is 9.84 Å². The molecule has 0 amide bonds. The minimum atomic E-state index is -1.29. The van der Waals surface area contributed by atoms with E-state index >= 15 is 0 Å². The predicted molar refractivity (Wildman–Crippen MR) is 46.2 cm³/mol. The van der Waals surface area contributed by atoms with E-state index in [2.05, 4.69) is 0 Å². The summed E-state index contributed by atoms with van der Waals surface area (Å²) < 4.78 is 5.20. The molecule has 0 radical (unpaired) electrons. The van der Waals surface area contributed by atoms with Crippen LogP contribution in [-0.2, 0) is 4.79 Å². The van der Waals surface area contributed by atoms with E-state index in [0.717, 1.165) is 0 Å². The highest BCUT2D eigenvalue weighted by molar-refractivity contribution is 5.74. The topological polar surface area (TPSA) is 49.4 Å². The molecule has 0 bridgehead atoms. The smallest absolute Gasteiger partial charge is 0.143 e. The molecule has 0 aliphatic rings. The first-order valence-electron chi connectivity index (χ1n) is 3.98. The average molecular weight is 179 g/mol. The van der Waals surface area contributed by atoms with Crippen LogP contribution in [0.4, 0.5) is 0 Å². The van der Waals surface area contributed by atoms with Gasteiger partial charge in [-0.05, 0) is 26.0 Å². The summed E-state index contributed by atoms with van der Waals surface area (Å²) in [6, 6.07) is 8.79. The summed E-state index contributed by atoms with van der Waals surface area (Å²) in [5.41, 5.74) is -1.29. The lowest BCUT2D eigenvalue weighted by Crippen LogP contribution is -2.47. The van der Waals surface area contributed by atoms with Crippen LogP contribution >= 0.6 is 0 Å². The van der Waals surface area contributed by atoms with Crippen molar-refractivity contribution in [1.82, 2.24) is 0 Å². The number of carbonyl (C=O) groups is 1. The highest BCUT2D eigenvalue weighted by Gasteiger charge is 2.20. The van der Waals surface area contributed by atoms with Gasteiger partial charge >= 0.3 is 0 Å². The molecule has 0 aromatic heterocycles. The van der Waals surface area contributed by atoms with Crippen molar-refractivity contribution in [1.29, 1.82) is 0 Å². The lowest BCUT2D eigenvalue weighted by Gasteiger charge is -2.27. The van der Waals surface area contributed by atoms with Crippen LogP contribution in [0.15, 0.2) is 30.3 Å². The minimum Gasteiger partial charge on any atom is -0.546 e. The Morgan fingerprint density at radius 3 is 2.31 bits per heavy atom. The molecule has 1 aromatic rings. The van der Waals surface area contributed by atoms with Crippen molar-refractivity contribution in [3.05, 3.63) is 30.3 Å². The molecule has 13 heavy (non-hydrogen) atoms. The monoisotopic (exact) mass is 179 g/mol. The van der Waals surface area contributed by atoms with Crippen molar-refractivity contribution >= 4 is 5.97 Å². The molecular weight excluding hydrogens is 168 g/mol. The second-order valence-corrected chi connectivity index (χ2v) is 3.21. The van der Waals surface area contributed by atoms with E-state index in [-0.39, 0.29) is 0 Å². The molecule has 0 aliphatic carbocycles. The third-order valence-corrected chi connectivity index (χ3v) is 1.61. The average Bonchev–Trinajstić information content (AvgIpc) is 2.05. The third-order valence-electron chi connectivity index (χ3n) is 1.61. The summed E-state index contributed by atoms with van der Waals surface area (Å²) in [6.07, 6.45) is 0. The van der Waals surface area contributed by atoms with Crippen molar-refractivity contribution in [3.63, 3.8) is 0 Å². The predicted octanol–water partition coefficient (Wildman–Crippen LogP) is 0.594. The Balaban J connectivity index is 2.75. The maximum Gasteiger partial charge on any atom is 0.143 e. The maximum absolute atomic E-state index is 10.6. The summed E-state index contributed by atoms with van der Waals surface area (Å²) in [6.45, 7) is 2.91. The zero-order valence-electron chi connectivity index (χ0n) is 7.61. The number of aliphatic carboxylic acids is 1. The molecule has 3 nitrogen and oxygen atoms in total. The molecule has 0 spiro atoms. The van der Waals surface area contributed by atoms with E-state index in [9.17, 15) is 9.90 Å². The number of hydrogen-bond donors (Lipinski definition) is 0. The second-order valence-electron chi connectivity index (χ2n) is 3.21. The summed E-state index contributed by atoms with van der Waals surface area (Å²) >= 11 is 0. The molecule has 0 heterocycles. The van der Waals surface area contributed by atoms with Crippen LogP contribution in [0, 0.1) is 0 Å². The van der Waals surface area contributed by atoms with Crippen molar-refractivity contribution in [2.24, 2.45) is 0 Å². The fourth-order valence-electron chi connectivity index (χ4n) is 0.825. The first-order chi connectivity index (χ1) is 6.02. The van der Waals surface area contributed by atoms with Crippen LogP contribution in [0.25, 0.3) is 0 Å². The van der Waals surface area contributed by atoms with Gasteiger partial charge in [-0.3, -0.25) is 0 Å². The van der Waals surface area contributed by atoms with Gasteiger partial charge < -0.3 is 14.6 Å². The van der Waals surface area contributed by atoms with E-state index in [1.165, 1.54) is 13.8 Å². The van der Waals surface area contributed by atoms with Gasteiger partial charge in [-0.2, -0.15) is 0 Å². The van der Waals surface area contributed by atoms with Gasteiger partial charge in [-0.25, -0.2) is 0 Å². The standard InChI is InChI=1S/C10H12O3/c1-10(2,9(11)12)13-8-6-4-3-5-7-8/h3-7H,1-2H3,(H,11,12)/p-1. The van der Waals surface area contributed by atoms with Gasteiger partial charge in [-0.15, -0.1) is 0 Å². The lowest BCUT2D eigenvalue weighted by atomic mass is 10.1. The fraction of sp³-hybridized carbons (Fsp3) is 0.300. The highest BCUT2D eigenvalue weighted by Crippen LogP contribution is 2.16. The number of hydrogen-bond acceptors (Lipinski definition) is 3. The number of carboxylic acids is 1. The Morgan fingerprint density at radius 2 is 1.85 bits per heavy atom. The number of rotatable bonds is 3. The maximum atomic E-state index is 10.6. The molecule has 1 aromatic carbocycles. The third kappa shape index (κ3) is 2.47. The molecule has 70 valence electrons. The first-order valence-corrected chi connectivity index (χ1v) is 3.98. The van der Waals surface area contributed by atoms with Crippen LogP contribution in [0.1, 0.15) is 13.8 Å². The molecule has 0 unspecified atom stereocenters. The summed E-state index contributed by atoms with van der Waals surface area (Å²) in [5, 5.41) is 10.6. The van der Waals surface area contributed by atoms with Crippen molar-refractivity contribution < 1.29 is 14.6 Å². The molecule has 0 aliphatic heterocycles. The van der Waals surface area contributed by atoms with Crippen molar-refractivity contribution in [2.75, 3.05) is 0 Å². The number of benzene rings is 1. The van der Waals surface area contributed by atoms with Gasteiger partial charge in [0, 0.05) is 0 Å². The number of carboxylic acid groups (broad SMARTS) is 1. The van der Waals surface area contributed by atoms with Crippen LogP contribution in [0.5, 0.6) is 5.75 Å². The van der Waals surface area contributed by atoms with E-state index in [1.807, 2.05) is 6.07 Å². The van der Waals surface area contributed by atoms with Crippen molar-refractivity contribution in [2.45, 2.75) is 19.4 Å². The summed E-state index contributed by atoms with van der Waals surface area (Å²) in [7, 11) is 0. The number of ether oxygens (including phenoxy) is 1. The quantitative estimate of drug-likeness (QED) is 0.682. The SMILES string of the molecule is CC(C)(Oc1ccccc1)C(=O)[O-]. The second kappa shape index (κ2) is 3.47. The van der Waals surface area contributed by atoms with E-state index in [0.29, 0.717) is 5.75 Å². The molecule has 0 saturated carbocycles. The Bertz CT molecular complexity index is 290. The van der Waals surface area contributed by atoms with Crippen LogP contribution in [0.2, 0.25) is 0 Å². The van der Waals surface area contributed by atoms with Gasteiger partial charge in [-0.1, -0.05) is 18.2 Å². The Morgan fingerprint density at radius 1 is 1.31 bits per heavy atom. The normalized spacial score (nSPS) is 10.9. The van der Waals surface area contributed by atoms with Crippen LogP contribution in [-0.4, -0.2) is 11.6 Å². The molecule has 0 atom stereocenters. The Hall–Kier alpha value is -1.51. The van der Waals surface area contributed by atoms with Gasteiger partial charge in [0.25, 0.3) is 0 Å². The largest absolute Gasteiger partial charge is 0.546 e. The zero-order valence-corrected chi connectivity index (χ0v) is 7.61. The molecule has 1 rings (SSSR count). The van der Waals surface area contributed by atoms with E-state index in [4.69, 9.17) is 4.74 Å². The summed E-state index contributed by atoms with van der Waals surface area (Å²) in [5.74, 6) is -0.701. The molecule has 3 heteroatoms. The highest BCUT2D eigenvalue weighted by atomic mass is 16.5. The summed E-state index contributed by atoms with van der Waals surface area (Å²) in [4.78, 5) is 10.6. The van der Waals surface area contributed by atoms with E-state index in [1.54, 1.807) is 24.3 Å². The number of carbonyl (C=O) groups excluding carboxylic acids is 1. The molecule has 0 N–H and O–H groups in total. The van der Waals surface area contributed by atoms with Gasteiger partial charge in [0.05, 0.1) is 5.97 Å². The van der Waals surface area contributed by atoms with Gasteiger partial charge in [0.1, 0.15) is 11.4 Å². The molecule has 0 fully saturated rings. The lowest BCUT2D eigenvalue weighted by molar-refractivity contribution is -0.320. The zero-order chi connectivity index (χ0) is 9.90. The molecule has 0 saturated heterocycles. The van der Waals surface area contributed by atoms with Crippen LogP contribution in [0.3, 0.4) is 0 Å². The van der Waals surface area contributed by atoms with E-state index < -0.39 is 11.6 Å². The van der Waals surface area contributed by atoms with Gasteiger partial charge in [0.2, 0.25) is 0 Å². The first kappa shape index (κ1) is 9.58. The molecular formula is C10H11O3-.